The van der Waals surface area contributed by atoms with Gasteiger partial charge in [-0.25, -0.2) is 13.1 Å². The molecule has 0 fully saturated rings. The summed E-state index contributed by atoms with van der Waals surface area (Å²) in [5.41, 5.74) is -5.22. The van der Waals surface area contributed by atoms with Gasteiger partial charge in [-0.1, -0.05) is 6.92 Å². The summed E-state index contributed by atoms with van der Waals surface area (Å²) >= 11 is 0. The quantitative estimate of drug-likeness (QED) is 0.643. The minimum absolute atomic E-state index is 0.172. The molecule has 0 radical (unpaired) electrons. The molecule has 0 saturated heterocycles. The molecule has 8 heteroatoms. The first-order valence-electron chi connectivity index (χ1n) is 3.58. The zero-order chi connectivity index (χ0) is 10.5. The van der Waals surface area contributed by atoms with Crippen molar-refractivity contribution in [1.29, 1.82) is 0 Å². The van der Waals surface area contributed by atoms with E-state index in [-0.39, 0.29) is 13.1 Å². The van der Waals surface area contributed by atoms with Crippen LogP contribution in [-0.4, -0.2) is 33.6 Å². The van der Waals surface area contributed by atoms with Crippen molar-refractivity contribution in [3.8, 4) is 0 Å². The highest BCUT2D eigenvalue weighted by atomic mass is 32.2. The maximum atomic E-state index is 11.7. The van der Waals surface area contributed by atoms with Crippen LogP contribution in [0.5, 0.6) is 0 Å². The molecule has 0 heterocycles. The summed E-state index contributed by atoms with van der Waals surface area (Å²) < 4.78 is 57.1. The molecule has 0 saturated carbocycles. The first kappa shape index (κ1) is 12.7. The molecule has 13 heavy (non-hydrogen) atoms. The summed E-state index contributed by atoms with van der Waals surface area (Å²) in [7, 11) is -5.17. The lowest BCUT2D eigenvalue weighted by Gasteiger charge is -2.08. The Kier molecular flexibility index (Phi) is 4.65. The van der Waals surface area contributed by atoms with Gasteiger partial charge in [0.2, 0.25) is 0 Å². The van der Waals surface area contributed by atoms with Gasteiger partial charge in [-0.2, -0.15) is 13.2 Å². The first-order chi connectivity index (χ1) is 5.81. The fourth-order valence-electron chi connectivity index (χ4n) is 0.532. The summed E-state index contributed by atoms with van der Waals surface area (Å²) in [6.45, 7) is 2.24. The van der Waals surface area contributed by atoms with E-state index in [1.807, 2.05) is 0 Å². The maximum Gasteiger partial charge on any atom is 0.511 e. The van der Waals surface area contributed by atoms with E-state index in [0.717, 1.165) is 0 Å². The van der Waals surface area contributed by atoms with Crippen LogP contribution >= 0.6 is 0 Å². The molecule has 2 N–H and O–H groups in total. The summed E-state index contributed by atoms with van der Waals surface area (Å²) in [5, 5.41) is 2.68. The SMILES string of the molecule is CCNCCNS(=O)(=O)C(F)(F)F. The molecule has 0 aliphatic rings. The van der Waals surface area contributed by atoms with Crippen molar-refractivity contribution in [1.82, 2.24) is 10.0 Å². The van der Waals surface area contributed by atoms with Crippen molar-refractivity contribution < 1.29 is 21.6 Å². The molecular weight excluding hydrogens is 209 g/mol. The normalized spacial score (nSPS) is 13.2. The van der Waals surface area contributed by atoms with Gasteiger partial charge in [0.1, 0.15) is 0 Å². The van der Waals surface area contributed by atoms with E-state index < -0.39 is 15.5 Å². The van der Waals surface area contributed by atoms with Crippen LogP contribution in [-0.2, 0) is 10.0 Å². The Morgan fingerprint density at radius 1 is 1.23 bits per heavy atom. The Hall–Kier alpha value is -0.340. The summed E-state index contributed by atoms with van der Waals surface area (Å²) in [6.07, 6.45) is 0. The van der Waals surface area contributed by atoms with Gasteiger partial charge in [-0.3, -0.25) is 0 Å². The molecule has 0 aromatic carbocycles. The zero-order valence-electron chi connectivity index (χ0n) is 6.98. The molecule has 0 aromatic heterocycles. The van der Waals surface area contributed by atoms with Crippen LogP contribution in [0.1, 0.15) is 6.92 Å². The van der Waals surface area contributed by atoms with Crippen LogP contribution in [0.15, 0.2) is 0 Å². The number of halogens is 3. The average molecular weight is 220 g/mol. The second-order valence-corrected chi connectivity index (χ2v) is 3.96. The third kappa shape index (κ3) is 4.44. The molecular formula is C5H11F3N2O2S. The van der Waals surface area contributed by atoms with E-state index in [2.05, 4.69) is 5.32 Å². The van der Waals surface area contributed by atoms with E-state index in [9.17, 15) is 21.6 Å². The molecule has 0 bridgehead atoms. The molecule has 0 atom stereocenters. The number of likely N-dealkylation sites (N-methyl/N-ethyl adjacent to an activating group) is 1. The molecule has 0 rings (SSSR count). The van der Waals surface area contributed by atoms with Crippen LogP contribution in [0.25, 0.3) is 0 Å². The highest BCUT2D eigenvalue weighted by Crippen LogP contribution is 2.20. The Morgan fingerprint density at radius 2 is 1.77 bits per heavy atom. The smallest absolute Gasteiger partial charge is 0.316 e. The van der Waals surface area contributed by atoms with Crippen LogP contribution in [0.2, 0.25) is 0 Å². The fraction of sp³-hybridized carbons (Fsp3) is 1.00. The number of rotatable bonds is 5. The van der Waals surface area contributed by atoms with Crippen molar-refractivity contribution in [3.05, 3.63) is 0 Å². The van der Waals surface area contributed by atoms with Crippen LogP contribution in [0.3, 0.4) is 0 Å². The van der Waals surface area contributed by atoms with Gasteiger partial charge in [-0.05, 0) is 6.54 Å². The lowest BCUT2D eigenvalue weighted by molar-refractivity contribution is -0.0447. The largest absolute Gasteiger partial charge is 0.511 e. The standard InChI is InChI=1S/C5H11F3N2O2S/c1-2-9-3-4-10-13(11,12)5(6,7)8/h9-10H,2-4H2,1H3. The van der Waals surface area contributed by atoms with Gasteiger partial charge in [0.25, 0.3) is 0 Å². The summed E-state index contributed by atoms with van der Waals surface area (Å²) in [5.74, 6) is 0. The number of nitrogens with one attached hydrogen (secondary N) is 2. The summed E-state index contributed by atoms with van der Waals surface area (Å²) in [6, 6.07) is 0. The van der Waals surface area contributed by atoms with Crippen LogP contribution in [0.4, 0.5) is 13.2 Å². The minimum Gasteiger partial charge on any atom is -0.316 e. The van der Waals surface area contributed by atoms with Gasteiger partial charge in [0, 0.05) is 13.1 Å². The Balaban J connectivity index is 3.92. The third-order valence-corrected chi connectivity index (χ3v) is 2.34. The lowest BCUT2D eigenvalue weighted by atomic mass is 10.6. The molecule has 0 spiro atoms. The molecule has 0 aliphatic carbocycles. The van der Waals surface area contributed by atoms with Crippen LogP contribution in [0, 0.1) is 0 Å². The zero-order valence-corrected chi connectivity index (χ0v) is 7.80. The number of alkyl halides is 3. The Labute approximate surface area is 74.6 Å². The topological polar surface area (TPSA) is 58.2 Å². The highest BCUT2D eigenvalue weighted by molar-refractivity contribution is 7.90. The van der Waals surface area contributed by atoms with Crippen molar-refractivity contribution in [2.24, 2.45) is 0 Å². The number of hydrogen-bond acceptors (Lipinski definition) is 3. The second kappa shape index (κ2) is 4.77. The van der Waals surface area contributed by atoms with Crippen molar-refractivity contribution >= 4 is 10.0 Å². The molecule has 0 aliphatic heterocycles. The first-order valence-corrected chi connectivity index (χ1v) is 5.06. The van der Waals surface area contributed by atoms with Crippen LogP contribution < -0.4 is 10.0 Å². The molecule has 0 unspecified atom stereocenters. The average Bonchev–Trinajstić information content (AvgIpc) is 1.96. The van der Waals surface area contributed by atoms with Crippen molar-refractivity contribution in [3.63, 3.8) is 0 Å². The van der Waals surface area contributed by atoms with E-state index in [1.54, 1.807) is 6.92 Å². The third-order valence-electron chi connectivity index (χ3n) is 1.15. The van der Waals surface area contributed by atoms with Gasteiger partial charge in [-0.15, -0.1) is 0 Å². The molecule has 0 aromatic rings. The van der Waals surface area contributed by atoms with E-state index in [1.165, 1.54) is 4.72 Å². The predicted octanol–water partition coefficient (Wildman–Crippen LogP) is 0.0351. The minimum atomic E-state index is -5.22. The van der Waals surface area contributed by atoms with Gasteiger partial charge in [0.05, 0.1) is 0 Å². The Bertz CT molecular complexity index is 237. The van der Waals surface area contributed by atoms with Gasteiger partial charge >= 0.3 is 15.5 Å². The number of sulfonamides is 1. The second-order valence-electron chi connectivity index (χ2n) is 2.20. The monoisotopic (exact) mass is 220 g/mol. The maximum absolute atomic E-state index is 11.7. The predicted molar refractivity (Wildman–Crippen MR) is 41.5 cm³/mol. The number of hydrogen-bond donors (Lipinski definition) is 2. The summed E-state index contributed by atoms with van der Waals surface area (Å²) in [4.78, 5) is 0. The highest BCUT2D eigenvalue weighted by Gasteiger charge is 2.45. The molecule has 80 valence electrons. The Morgan fingerprint density at radius 3 is 2.15 bits per heavy atom. The van der Waals surface area contributed by atoms with E-state index in [4.69, 9.17) is 0 Å². The fourth-order valence-corrected chi connectivity index (χ4v) is 1.07. The van der Waals surface area contributed by atoms with Crippen molar-refractivity contribution in [2.75, 3.05) is 19.6 Å². The molecule has 4 nitrogen and oxygen atoms in total. The van der Waals surface area contributed by atoms with Gasteiger partial charge in [0.15, 0.2) is 0 Å². The van der Waals surface area contributed by atoms with Crippen molar-refractivity contribution in [2.45, 2.75) is 12.4 Å². The molecule has 0 amide bonds. The van der Waals surface area contributed by atoms with Gasteiger partial charge < -0.3 is 5.32 Å². The lowest BCUT2D eigenvalue weighted by Crippen LogP contribution is -2.39. The van der Waals surface area contributed by atoms with E-state index in [0.29, 0.717) is 6.54 Å². The van der Waals surface area contributed by atoms with E-state index >= 15 is 0 Å².